The highest BCUT2D eigenvalue weighted by Crippen LogP contribution is 2.31. The van der Waals surface area contributed by atoms with E-state index in [1.54, 1.807) is 0 Å². The third-order valence-electron chi connectivity index (χ3n) is 4.09. The van der Waals surface area contributed by atoms with Crippen molar-refractivity contribution in [3.05, 3.63) is 18.0 Å². The van der Waals surface area contributed by atoms with Crippen molar-refractivity contribution < 1.29 is 4.74 Å². The predicted octanol–water partition coefficient (Wildman–Crippen LogP) is 2.12. The molecule has 2 heterocycles. The van der Waals surface area contributed by atoms with Crippen LogP contribution in [0.1, 0.15) is 43.8 Å². The summed E-state index contributed by atoms with van der Waals surface area (Å²) in [6, 6.07) is 3.21. The average Bonchev–Trinajstić information content (AvgIpc) is 2.94. The molecule has 1 atom stereocenters. The van der Waals surface area contributed by atoms with Crippen LogP contribution in [0.5, 0.6) is 0 Å². The number of hydrogen-bond donors (Lipinski definition) is 1. The van der Waals surface area contributed by atoms with E-state index in [1.807, 2.05) is 6.20 Å². The van der Waals surface area contributed by atoms with Gasteiger partial charge in [-0.2, -0.15) is 5.10 Å². The Bertz CT molecular complexity index is 332. The Morgan fingerprint density at radius 1 is 1.29 bits per heavy atom. The zero-order valence-electron chi connectivity index (χ0n) is 10.3. The summed E-state index contributed by atoms with van der Waals surface area (Å²) in [5.74, 6) is 0. The first kappa shape index (κ1) is 11.2. The van der Waals surface area contributed by atoms with Gasteiger partial charge in [0.05, 0.1) is 24.9 Å². The summed E-state index contributed by atoms with van der Waals surface area (Å²) in [5, 5.41) is 7.17. The van der Waals surface area contributed by atoms with E-state index < -0.39 is 0 Å². The first-order valence-corrected chi connectivity index (χ1v) is 6.78. The van der Waals surface area contributed by atoms with Crippen LogP contribution >= 0.6 is 0 Å². The molecule has 1 aromatic heterocycles. The molecule has 4 nitrogen and oxygen atoms in total. The van der Waals surface area contributed by atoms with Crippen molar-refractivity contribution in [2.24, 2.45) is 0 Å². The fraction of sp³-hybridized carbons (Fsp3) is 0.769. The van der Waals surface area contributed by atoms with Gasteiger partial charge in [-0.1, -0.05) is 19.3 Å². The van der Waals surface area contributed by atoms with Crippen LogP contribution < -0.4 is 0 Å². The maximum atomic E-state index is 5.64. The minimum Gasteiger partial charge on any atom is -0.378 e. The second kappa shape index (κ2) is 5.19. The highest BCUT2D eigenvalue weighted by Gasteiger charge is 2.31. The monoisotopic (exact) mass is 235 g/mol. The normalized spacial score (nSPS) is 28.4. The molecule has 0 amide bonds. The van der Waals surface area contributed by atoms with Crippen molar-refractivity contribution in [3.63, 3.8) is 0 Å². The molecule has 2 aliphatic rings. The fourth-order valence-electron chi connectivity index (χ4n) is 3.19. The van der Waals surface area contributed by atoms with E-state index in [0.29, 0.717) is 6.04 Å². The Kier molecular flexibility index (Phi) is 3.43. The van der Waals surface area contributed by atoms with Gasteiger partial charge in [-0.15, -0.1) is 0 Å². The van der Waals surface area contributed by atoms with Crippen LogP contribution in [0.3, 0.4) is 0 Å². The third kappa shape index (κ3) is 2.38. The Morgan fingerprint density at radius 3 is 2.94 bits per heavy atom. The Morgan fingerprint density at radius 2 is 2.18 bits per heavy atom. The molecule has 1 aliphatic carbocycles. The number of aromatic amines is 1. The minimum absolute atomic E-state index is 0.384. The van der Waals surface area contributed by atoms with Crippen LogP contribution in [0.2, 0.25) is 0 Å². The lowest BCUT2D eigenvalue weighted by Gasteiger charge is -2.42. The molecule has 0 spiro atoms. The maximum absolute atomic E-state index is 5.64. The summed E-state index contributed by atoms with van der Waals surface area (Å²) in [4.78, 5) is 2.64. The van der Waals surface area contributed by atoms with Crippen molar-refractivity contribution in [1.29, 1.82) is 0 Å². The van der Waals surface area contributed by atoms with Gasteiger partial charge in [0.1, 0.15) is 0 Å². The average molecular weight is 235 g/mol. The summed E-state index contributed by atoms with van der Waals surface area (Å²) >= 11 is 0. The first-order chi connectivity index (χ1) is 8.45. The van der Waals surface area contributed by atoms with Crippen LogP contribution in [0.25, 0.3) is 0 Å². The Labute approximate surface area is 102 Å². The van der Waals surface area contributed by atoms with Gasteiger partial charge < -0.3 is 4.74 Å². The van der Waals surface area contributed by atoms with Crippen molar-refractivity contribution >= 4 is 0 Å². The summed E-state index contributed by atoms with van der Waals surface area (Å²) in [6.45, 7) is 2.74. The number of hydrogen-bond acceptors (Lipinski definition) is 3. The number of aromatic nitrogens is 2. The van der Waals surface area contributed by atoms with Crippen LogP contribution in [0.15, 0.2) is 12.3 Å². The predicted molar refractivity (Wildman–Crippen MR) is 65.7 cm³/mol. The highest BCUT2D eigenvalue weighted by atomic mass is 16.5. The Balaban J connectivity index is 1.75. The smallest absolute Gasteiger partial charge is 0.0755 e. The zero-order valence-corrected chi connectivity index (χ0v) is 10.3. The molecule has 1 aromatic rings. The van der Waals surface area contributed by atoms with Crippen LogP contribution in [0, 0.1) is 0 Å². The lowest BCUT2D eigenvalue weighted by Crippen LogP contribution is -2.46. The van der Waals surface area contributed by atoms with Crippen LogP contribution in [-0.2, 0) is 4.74 Å². The molecule has 1 saturated carbocycles. The topological polar surface area (TPSA) is 41.1 Å². The zero-order chi connectivity index (χ0) is 11.5. The molecule has 0 unspecified atom stereocenters. The highest BCUT2D eigenvalue weighted by molar-refractivity contribution is 5.07. The van der Waals surface area contributed by atoms with Crippen molar-refractivity contribution in [1.82, 2.24) is 15.1 Å². The molecule has 0 radical (unpaired) electrons. The second-order valence-electron chi connectivity index (χ2n) is 5.13. The van der Waals surface area contributed by atoms with E-state index >= 15 is 0 Å². The van der Waals surface area contributed by atoms with Crippen LogP contribution in [-0.4, -0.2) is 40.9 Å². The van der Waals surface area contributed by atoms with E-state index in [1.165, 1.54) is 37.8 Å². The lowest BCUT2D eigenvalue weighted by molar-refractivity contribution is -0.0388. The quantitative estimate of drug-likeness (QED) is 0.853. The van der Waals surface area contributed by atoms with E-state index in [4.69, 9.17) is 4.74 Å². The lowest BCUT2D eigenvalue weighted by atomic mass is 9.92. The molecule has 0 bridgehead atoms. The Hall–Kier alpha value is -0.870. The number of nitrogens with one attached hydrogen (secondary N) is 1. The molecule has 3 rings (SSSR count). The molecule has 2 fully saturated rings. The maximum Gasteiger partial charge on any atom is 0.0755 e. The summed E-state index contributed by atoms with van der Waals surface area (Å²) in [5.41, 5.74) is 1.20. The van der Waals surface area contributed by atoms with Crippen molar-refractivity contribution in [3.8, 4) is 0 Å². The van der Waals surface area contributed by atoms with E-state index in [-0.39, 0.29) is 0 Å². The number of nitrogens with zero attached hydrogens (tertiary/aromatic N) is 2. The van der Waals surface area contributed by atoms with Gasteiger partial charge >= 0.3 is 0 Å². The molecule has 1 saturated heterocycles. The molecular weight excluding hydrogens is 214 g/mol. The molecule has 1 N–H and O–H groups in total. The van der Waals surface area contributed by atoms with Gasteiger partial charge in [-0.3, -0.25) is 10.00 Å². The van der Waals surface area contributed by atoms with Gasteiger partial charge in [-0.05, 0) is 18.9 Å². The molecule has 94 valence electrons. The van der Waals surface area contributed by atoms with Crippen molar-refractivity contribution in [2.45, 2.75) is 44.2 Å². The summed E-state index contributed by atoms with van der Waals surface area (Å²) in [7, 11) is 0. The minimum atomic E-state index is 0.384. The second-order valence-corrected chi connectivity index (χ2v) is 5.13. The SMILES string of the molecule is c1cc([C@H]2COCCN2C2CCCCC2)[nH]n1. The largest absolute Gasteiger partial charge is 0.378 e. The molecule has 4 heteroatoms. The van der Waals surface area contributed by atoms with E-state index in [0.717, 1.165) is 25.8 Å². The van der Waals surface area contributed by atoms with Crippen molar-refractivity contribution in [2.75, 3.05) is 19.8 Å². The van der Waals surface area contributed by atoms with Gasteiger partial charge in [0, 0.05) is 18.8 Å². The fourth-order valence-corrected chi connectivity index (χ4v) is 3.19. The standard InChI is InChI=1S/C13H21N3O/c1-2-4-11(5-3-1)16-8-9-17-10-13(16)12-6-7-14-15-12/h6-7,11,13H,1-5,8-10H2,(H,14,15)/t13-/m1/s1. The number of rotatable bonds is 2. The number of ether oxygens (including phenoxy) is 1. The number of H-pyrrole nitrogens is 1. The molecular formula is C13H21N3O. The molecule has 1 aliphatic heterocycles. The first-order valence-electron chi connectivity index (χ1n) is 6.78. The molecule has 17 heavy (non-hydrogen) atoms. The van der Waals surface area contributed by atoms with Crippen LogP contribution in [0.4, 0.5) is 0 Å². The summed E-state index contributed by atoms with van der Waals surface area (Å²) in [6.07, 6.45) is 8.73. The van der Waals surface area contributed by atoms with Gasteiger partial charge in [0.2, 0.25) is 0 Å². The third-order valence-corrected chi connectivity index (χ3v) is 4.09. The van der Waals surface area contributed by atoms with E-state index in [2.05, 4.69) is 21.2 Å². The van der Waals surface area contributed by atoms with Gasteiger partial charge in [0.25, 0.3) is 0 Å². The van der Waals surface area contributed by atoms with E-state index in [9.17, 15) is 0 Å². The van der Waals surface area contributed by atoms with Gasteiger partial charge in [0.15, 0.2) is 0 Å². The number of morpholine rings is 1. The van der Waals surface area contributed by atoms with Gasteiger partial charge in [-0.25, -0.2) is 0 Å². The molecule has 0 aromatic carbocycles. The summed E-state index contributed by atoms with van der Waals surface area (Å²) < 4.78 is 5.64.